The molecule has 198 valence electrons. The van der Waals surface area contributed by atoms with Crippen molar-refractivity contribution in [1.82, 2.24) is 19.4 Å². The summed E-state index contributed by atoms with van der Waals surface area (Å²) in [6.07, 6.45) is 2.32. The number of carbonyl (C=O) groups is 1. The molecular formula is C31H36N4O3. The fourth-order valence-electron chi connectivity index (χ4n) is 5.87. The maximum Gasteiger partial charge on any atom is 0.270 e. The second-order valence-electron chi connectivity index (χ2n) is 11.0. The first kappa shape index (κ1) is 24.7. The zero-order chi connectivity index (χ0) is 26.4. The average molecular weight is 513 g/mol. The molecule has 4 heterocycles. The van der Waals surface area contributed by atoms with Crippen molar-refractivity contribution in [2.24, 2.45) is 0 Å². The van der Waals surface area contributed by atoms with Gasteiger partial charge in [0.2, 0.25) is 5.89 Å². The van der Waals surface area contributed by atoms with Crippen LogP contribution < -0.4 is 4.74 Å². The number of oxazole rings is 1. The molecule has 38 heavy (non-hydrogen) atoms. The molecule has 7 nitrogen and oxygen atoms in total. The van der Waals surface area contributed by atoms with E-state index in [9.17, 15) is 4.79 Å². The Balaban J connectivity index is 1.20. The second-order valence-corrected chi connectivity index (χ2v) is 11.0. The van der Waals surface area contributed by atoms with Gasteiger partial charge in [-0.25, -0.2) is 4.98 Å². The van der Waals surface area contributed by atoms with Crippen molar-refractivity contribution in [3.8, 4) is 17.2 Å². The number of rotatable bonds is 6. The summed E-state index contributed by atoms with van der Waals surface area (Å²) in [5.41, 5.74) is 3.52. The van der Waals surface area contributed by atoms with Crippen molar-refractivity contribution in [3.63, 3.8) is 0 Å². The molecule has 0 N–H and O–H groups in total. The quantitative estimate of drug-likeness (QED) is 0.314. The number of benzene rings is 2. The number of hydrogen-bond acceptors (Lipinski definition) is 5. The standard InChI is InChI=1S/C31H36N4O3/c1-20(2)33-14-12-25(13-15-33)38-26-10-11-28-24(16-26)17-29-31(36)34(18-21(3)35(28)29)19-27-22(4)37-30(32-27)23-8-6-5-7-9-23/h5-11,16-17,20-21,25H,12-15,18-19H2,1-4H3. The van der Waals surface area contributed by atoms with Crippen LogP contribution in [0.25, 0.3) is 22.4 Å². The lowest BCUT2D eigenvalue weighted by atomic mass is 10.1. The molecule has 6 rings (SSSR count). The molecule has 1 fully saturated rings. The van der Waals surface area contributed by atoms with E-state index in [1.165, 1.54) is 0 Å². The zero-order valence-electron chi connectivity index (χ0n) is 22.7. The van der Waals surface area contributed by atoms with Crippen LogP contribution in [0.15, 0.2) is 59.0 Å². The Kier molecular flexibility index (Phi) is 6.48. The van der Waals surface area contributed by atoms with Gasteiger partial charge in [0.05, 0.1) is 6.54 Å². The molecule has 0 spiro atoms. The van der Waals surface area contributed by atoms with Gasteiger partial charge in [-0.1, -0.05) is 18.2 Å². The minimum Gasteiger partial charge on any atom is -0.490 e. The predicted octanol–water partition coefficient (Wildman–Crippen LogP) is 6.07. The number of hydrogen-bond donors (Lipinski definition) is 0. The molecule has 2 aromatic carbocycles. The van der Waals surface area contributed by atoms with Crippen molar-refractivity contribution in [1.29, 1.82) is 0 Å². The van der Waals surface area contributed by atoms with Gasteiger partial charge in [-0.3, -0.25) is 4.79 Å². The van der Waals surface area contributed by atoms with Crippen LogP contribution in [0.5, 0.6) is 5.75 Å². The fraction of sp³-hybridized carbons (Fsp3) is 0.419. The number of carbonyl (C=O) groups excluding carboxylic acids is 1. The van der Waals surface area contributed by atoms with Crippen molar-refractivity contribution in [2.45, 2.75) is 65.3 Å². The number of amides is 1. The fourth-order valence-corrected chi connectivity index (χ4v) is 5.87. The normalized spacial score (nSPS) is 18.9. The van der Waals surface area contributed by atoms with Crippen LogP contribution in [0.1, 0.15) is 61.6 Å². The molecule has 4 aromatic rings. The highest BCUT2D eigenvalue weighted by Gasteiger charge is 2.32. The van der Waals surface area contributed by atoms with Crippen LogP contribution in [0.4, 0.5) is 0 Å². The Morgan fingerprint density at radius 3 is 2.58 bits per heavy atom. The third-order valence-electron chi connectivity index (χ3n) is 8.01. The average Bonchev–Trinajstić information content (AvgIpc) is 3.48. The van der Waals surface area contributed by atoms with Gasteiger partial charge in [0.1, 0.15) is 29.0 Å². The lowest BCUT2D eigenvalue weighted by molar-refractivity contribution is 0.0662. The van der Waals surface area contributed by atoms with E-state index in [2.05, 4.69) is 48.4 Å². The summed E-state index contributed by atoms with van der Waals surface area (Å²) in [6.45, 7) is 11.8. The summed E-state index contributed by atoms with van der Waals surface area (Å²) in [5.74, 6) is 2.24. The topological polar surface area (TPSA) is 63.7 Å². The number of ether oxygens (including phenoxy) is 1. The minimum absolute atomic E-state index is 0.0199. The van der Waals surface area contributed by atoms with Gasteiger partial charge in [0.15, 0.2) is 0 Å². The van der Waals surface area contributed by atoms with Crippen molar-refractivity contribution < 1.29 is 13.9 Å². The largest absolute Gasteiger partial charge is 0.490 e. The highest BCUT2D eigenvalue weighted by atomic mass is 16.5. The number of aromatic nitrogens is 2. The Hall–Kier alpha value is -3.58. The number of fused-ring (bicyclic) bond motifs is 3. The summed E-state index contributed by atoms with van der Waals surface area (Å²) in [5, 5.41) is 1.04. The van der Waals surface area contributed by atoms with Gasteiger partial charge in [0, 0.05) is 48.2 Å². The third kappa shape index (κ3) is 4.60. The highest BCUT2D eigenvalue weighted by molar-refractivity contribution is 6.00. The van der Waals surface area contributed by atoms with Gasteiger partial charge < -0.3 is 23.5 Å². The van der Waals surface area contributed by atoms with E-state index < -0.39 is 0 Å². The Morgan fingerprint density at radius 2 is 1.84 bits per heavy atom. The van der Waals surface area contributed by atoms with Crippen LogP contribution in [0.3, 0.4) is 0 Å². The molecular weight excluding hydrogens is 476 g/mol. The Bertz CT molecular complexity index is 1450. The molecule has 0 aliphatic carbocycles. The molecule has 1 amide bonds. The monoisotopic (exact) mass is 512 g/mol. The molecule has 1 saturated heterocycles. The van der Waals surface area contributed by atoms with Crippen LogP contribution >= 0.6 is 0 Å². The zero-order valence-corrected chi connectivity index (χ0v) is 22.7. The smallest absolute Gasteiger partial charge is 0.270 e. The van der Waals surface area contributed by atoms with E-state index in [1.807, 2.05) is 48.2 Å². The van der Waals surface area contributed by atoms with Gasteiger partial charge in [-0.2, -0.15) is 0 Å². The van der Waals surface area contributed by atoms with E-state index >= 15 is 0 Å². The molecule has 1 unspecified atom stereocenters. The van der Waals surface area contributed by atoms with Crippen molar-refractivity contribution in [2.75, 3.05) is 19.6 Å². The van der Waals surface area contributed by atoms with E-state index in [-0.39, 0.29) is 18.1 Å². The molecule has 0 saturated carbocycles. The summed E-state index contributed by atoms with van der Waals surface area (Å²) in [6, 6.07) is 18.9. The van der Waals surface area contributed by atoms with Crippen LogP contribution in [-0.2, 0) is 6.54 Å². The van der Waals surface area contributed by atoms with Crippen molar-refractivity contribution in [3.05, 3.63) is 71.7 Å². The number of piperidine rings is 1. The second kappa shape index (κ2) is 9.95. The molecule has 7 heteroatoms. The molecule has 0 radical (unpaired) electrons. The van der Waals surface area contributed by atoms with Crippen LogP contribution in [-0.4, -0.2) is 57.0 Å². The Morgan fingerprint density at radius 1 is 1.08 bits per heavy atom. The maximum atomic E-state index is 13.6. The maximum absolute atomic E-state index is 13.6. The molecule has 2 aliphatic rings. The van der Waals surface area contributed by atoms with E-state index in [0.29, 0.717) is 30.7 Å². The predicted molar refractivity (Wildman–Crippen MR) is 148 cm³/mol. The number of aryl methyl sites for hydroxylation is 1. The summed E-state index contributed by atoms with van der Waals surface area (Å²) < 4.78 is 14.5. The molecule has 0 bridgehead atoms. The summed E-state index contributed by atoms with van der Waals surface area (Å²) in [7, 11) is 0. The van der Waals surface area contributed by atoms with Gasteiger partial charge >= 0.3 is 0 Å². The molecule has 2 aliphatic heterocycles. The van der Waals surface area contributed by atoms with Crippen molar-refractivity contribution >= 4 is 16.8 Å². The van der Waals surface area contributed by atoms with Gasteiger partial charge in [-0.15, -0.1) is 0 Å². The SMILES string of the molecule is Cc1oc(-c2ccccc2)nc1CN1CC(C)n2c(cc3cc(OC4CCN(C(C)C)CC4)ccc32)C1=O. The first-order valence-corrected chi connectivity index (χ1v) is 13.7. The minimum atomic E-state index is 0.0199. The lowest BCUT2D eigenvalue weighted by Gasteiger charge is -2.34. The summed E-state index contributed by atoms with van der Waals surface area (Å²) in [4.78, 5) is 22.7. The molecule has 1 atom stereocenters. The third-order valence-corrected chi connectivity index (χ3v) is 8.01. The van der Waals surface area contributed by atoms with Gasteiger partial charge in [-0.05, 0) is 76.9 Å². The number of nitrogens with zero attached hydrogens (tertiary/aromatic N) is 4. The van der Waals surface area contributed by atoms with Crippen LogP contribution in [0.2, 0.25) is 0 Å². The van der Waals surface area contributed by atoms with E-state index in [1.54, 1.807) is 0 Å². The first-order valence-electron chi connectivity index (χ1n) is 13.7. The van der Waals surface area contributed by atoms with Crippen LogP contribution in [0, 0.1) is 6.92 Å². The van der Waals surface area contributed by atoms with E-state index in [0.717, 1.165) is 59.6 Å². The molecule has 2 aromatic heterocycles. The van der Waals surface area contributed by atoms with Gasteiger partial charge in [0.25, 0.3) is 5.91 Å². The first-order chi connectivity index (χ1) is 18.4. The highest BCUT2D eigenvalue weighted by Crippen LogP contribution is 2.33. The Labute approximate surface area is 224 Å². The number of likely N-dealkylation sites (tertiary alicyclic amines) is 1. The lowest BCUT2D eigenvalue weighted by Crippen LogP contribution is -2.41. The van der Waals surface area contributed by atoms with E-state index in [4.69, 9.17) is 14.1 Å². The summed E-state index contributed by atoms with van der Waals surface area (Å²) >= 11 is 0.